The van der Waals surface area contributed by atoms with E-state index in [1.807, 2.05) is 26.0 Å². The normalized spacial score (nSPS) is 21.2. The van der Waals surface area contributed by atoms with Crippen LogP contribution in [-0.4, -0.2) is 39.1 Å². The Labute approximate surface area is 191 Å². The molecule has 33 heavy (non-hydrogen) atoms. The first-order valence-corrected chi connectivity index (χ1v) is 10.4. The van der Waals surface area contributed by atoms with Crippen LogP contribution >= 0.6 is 0 Å². The van der Waals surface area contributed by atoms with Crippen LogP contribution in [0.3, 0.4) is 0 Å². The number of rotatable bonds is 5. The Balaban J connectivity index is 1.61. The highest BCUT2D eigenvalue weighted by atomic mass is 16.4. The van der Waals surface area contributed by atoms with Crippen molar-refractivity contribution in [3.05, 3.63) is 77.4 Å². The Kier molecular flexibility index (Phi) is 5.59. The molecule has 4 rings (SSSR count). The number of hydrazone groups is 2. The number of aromatic hydroxyl groups is 1. The number of hydrogen-bond acceptors (Lipinski definition) is 6. The number of nitrogens with zero attached hydrogens (tertiary/aromatic N) is 3. The first kappa shape index (κ1) is 22.0. The van der Waals surface area contributed by atoms with E-state index in [0.29, 0.717) is 22.5 Å². The summed E-state index contributed by atoms with van der Waals surface area (Å²) in [5.74, 6) is -1.54. The highest BCUT2D eigenvalue weighted by Crippen LogP contribution is 2.34. The van der Waals surface area contributed by atoms with Crippen LogP contribution in [0.5, 0.6) is 5.75 Å². The Morgan fingerprint density at radius 3 is 2.61 bits per heavy atom. The maximum atomic E-state index is 13.0. The molecule has 0 aromatic heterocycles. The molecule has 0 saturated heterocycles. The van der Waals surface area contributed by atoms with Crippen molar-refractivity contribution in [2.24, 2.45) is 10.2 Å². The molecule has 1 aliphatic heterocycles. The molecule has 8 heteroatoms. The average Bonchev–Trinajstić information content (AvgIpc) is 3.08. The molecule has 8 nitrogen and oxygen atoms in total. The number of para-hydroxylation sites is 1. The summed E-state index contributed by atoms with van der Waals surface area (Å²) in [4.78, 5) is 25.3. The number of amides is 1. The second-order valence-corrected chi connectivity index (χ2v) is 8.16. The second-order valence-electron chi connectivity index (χ2n) is 8.16. The van der Waals surface area contributed by atoms with Gasteiger partial charge < -0.3 is 10.2 Å². The van der Waals surface area contributed by atoms with Crippen molar-refractivity contribution in [1.29, 1.82) is 0 Å². The van der Waals surface area contributed by atoms with Gasteiger partial charge in [0, 0.05) is 12.0 Å². The molecule has 1 unspecified atom stereocenters. The van der Waals surface area contributed by atoms with Gasteiger partial charge in [0.05, 0.1) is 11.4 Å². The molecule has 0 fully saturated rings. The molecule has 0 spiro atoms. The minimum absolute atomic E-state index is 0.0262. The quantitative estimate of drug-likeness (QED) is 0.610. The smallest absolute Gasteiger partial charge is 0.335 e. The third-order valence-corrected chi connectivity index (χ3v) is 5.87. The molecule has 1 amide bonds. The van der Waals surface area contributed by atoms with E-state index in [1.54, 1.807) is 49.4 Å². The number of carbonyl (C=O) groups excluding carboxylic acids is 1. The minimum atomic E-state index is -1.59. The molecule has 168 valence electrons. The zero-order chi connectivity index (χ0) is 23.8. The SMILES string of the molecule is CC1=NN(c2ccc(C)c(C)c2)C(=O)/C1=N\NC1(C(=O)O)C=CC=C(c2ccccc2O)C1. The molecule has 1 heterocycles. The van der Waals surface area contributed by atoms with Gasteiger partial charge in [-0.15, -0.1) is 0 Å². The van der Waals surface area contributed by atoms with Gasteiger partial charge in [-0.2, -0.15) is 15.2 Å². The fourth-order valence-electron chi connectivity index (χ4n) is 3.76. The zero-order valence-corrected chi connectivity index (χ0v) is 18.5. The first-order valence-electron chi connectivity index (χ1n) is 10.4. The lowest BCUT2D eigenvalue weighted by atomic mass is 9.84. The molecule has 2 aliphatic rings. The number of carboxylic acids is 1. The van der Waals surface area contributed by atoms with Crippen molar-refractivity contribution in [1.82, 2.24) is 5.43 Å². The molecule has 1 atom stereocenters. The van der Waals surface area contributed by atoms with Crippen LogP contribution in [0.2, 0.25) is 0 Å². The number of hydrogen-bond donors (Lipinski definition) is 3. The van der Waals surface area contributed by atoms with Gasteiger partial charge in [-0.25, -0.2) is 4.79 Å². The summed E-state index contributed by atoms with van der Waals surface area (Å²) in [6.07, 6.45) is 4.86. The molecule has 0 bridgehead atoms. The summed E-state index contributed by atoms with van der Waals surface area (Å²) < 4.78 is 0. The summed E-state index contributed by atoms with van der Waals surface area (Å²) in [7, 11) is 0. The lowest BCUT2D eigenvalue weighted by Crippen LogP contribution is -2.50. The number of allylic oxidation sites excluding steroid dienone is 2. The number of aliphatic carboxylic acids is 1. The number of benzene rings is 2. The van der Waals surface area contributed by atoms with Gasteiger partial charge in [0.1, 0.15) is 5.75 Å². The topological polar surface area (TPSA) is 115 Å². The highest BCUT2D eigenvalue weighted by molar-refractivity contribution is 6.71. The second kappa shape index (κ2) is 8.38. The lowest BCUT2D eigenvalue weighted by molar-refractivity contribution is -0.142. The Bertz CT molecular complexity index is 1270. The average molecular weight is 444 g/mol. The third kappa shape index (κ3) is 4.03. The number of carbonyl (C=O) groups is 2. The predicted octanol–water partition coefficient (Wildman–Crippen LogP) is 3.54. The molecular formula is C25H24N4O4. The Hall–Kier alpha value is -4.20. The number of phenolic OH excluding ortho intramolecular Hbond substituents is 1. The van der Waals surface area contributed by atoms with E-state index in [0.717, 1.165) is 11.1 Å². The van der Waals surface area contributed by atoms with E-state index in [4.69, 9.17) is 0 Å². The van der Waals surface area contributed by atoms with Crippen LogP contribution in [0.25, 0.3) is 5.57 Å². The van der Waals surface area contributed by atoms with Crippen LogP contribution in [0.4, 0.5) is 5.69 Å². The molecular weight excluding hydrogens is 420 g/mol. The maximum Gasteiger partial charge on any atom is 0.335 e. The summed E-state index contributed by atoms with van der Waals surface area (Å²) >= 11 is 0. The summed E-state index contributed by atoms with van der Waals surface area (Å²) in [6.45, 7) is 5.59. The molecule has 3 N–H and O–H groups in total. The van der Waals surface area contributed by atoms with Gasteiger partial charge in [-0.1, -0.05) is 36.4 Å². The monoisotopic (exact) mass is 444 g/mol. The van der Waals surface area contributed by atoms with Crippen LogP contribution in [-0.2, 0) is 9.59 Å². The standard InChI is InChI=1S/C25H24N4O4/c1-15-10-11-19(13-16(15)2)29-23(31)22(17(3)27-29)26-28-25(24(32)33)12-6-7-18(14-25)20-8-4-5-9-21(20)30/h4-13,28,30H,14H2,1-3H3,(H,32,33)/b26-22-. The number of aryl methyl sites for hydroxylation is 2. The third-order valence-electron chi connectivity index (χ3n) is 5.87. The summed E-state index contributed by atoms with van der Waals surface area (Å²) in [5, 5.41) is 30.0. The van der Waals surface area contributed by atoms with E-state index >= 15 is 0 Å². The summed E-state index contributed by atoms with van der Waals surface area (Å²) in [6, 6.07) is 12.3. The van der Waals surface area contributed by atoms with E-state index in [2.05, 4.69) is 15.6 Å². The number of carboxylic acid groups (broad SMARTS) is 1. The molecule has 0 radical (unpaired) electrons. The van der Waals surface area contributed by atoms with Gasteiger partial charge in [-0.05, 0) is 61.7 Å². The number of anilines is 1. The lowest BCUT2D eigenvalue weighted by Gasteiger charge is -2.29. The molecule has 2 aromatic carbocycles. The van der Waals surface area contributed by atoms with Crippen molar-refractivity contribution in [3.8, 4) is 5.75 Å². The van der Waals surface area contributed by atoms with Crippen molar-refractivity contribution in [3.63, 3.8) is 0 Å². The number of nitrogens with one attached hydrogen (secondary N) is 1. The fraction of sp³-hybridized carbons (Fsp3) is 0.200. The van der Waals surface area contributed by atoms with E-state index in [1.165, 1.54) is 11.1 Å². The van der Waals surface area contributed by atoms with E-state index < -0.39 is 17.4 Å². The summed E-state index contributed by atoms with van der Waals surface area (Å²) in [5.41, 5.74) is 5.44. The highest BCUT2D eigenvalue weighted by Gasteiger charge is 2.40. The van der Waals surface area contributed by atoms with Crippen molar-refractivity contribution in [2.75, 3.05) is 5.01 Å². The van der Waals surface area contributed by atoms with E-state index in [-0.39, 0.29) is 17.9 Å². The fourth-order valence-corrected chi connectivity index (χ4v) is 3.76. The van der Waals surface area contributed by atoms with Crippen LogP contribution in [0.1, 0.15) is 30.0 Å². The van der Waals surface area contributed by atoms with Gasteiger partial charge in [-0.3, -0.25) is 10.2 Å². The minimum Gasteiger partial charge on any atom is -0.507 e. The molecule has 0 saturated carbocycles. The van der Waals surface area contributed by atoms with Gasteiger partial charge in [0.15, 0.2) is 11.3 Å². The van der Waals surface area contributed by atoms with Crippen LogP contribution < -0.4 is 10.4 Å². The van der Waals surface area contributed by atoms with Crippen molar-refractivity contribution >= 4 is 34.6 Å². The Morgan fingerprint density at radius 1 is 1.15 bits per heavy atom. The van der Waals surface area contributed by atoms with Crippen LogP contribution in [0, 0.1) is 13.8 Å². The number of phenols is 1. The maximum absolute atomic E-state index is 13.0. The Morgan fingerprint density at radius 2 is 1.91 bits per heavy atom. The van der Waals surface area contributed by atoms with Crippen molar-refractivity contribution < 1.29 is 19.8 Å². The van der Waals surface area contributed by atoms with Crippen molar-refractivity contribution in [2.45, 2.75) is 32.7 Å². The van der Waals surface area contributed by atoms with Gasteiger partial charge in [0.2, 0.25) is 0 Å². The molecule has 2 aromatic rings. The van der Waals surface area contributed by atoms with Crippen LogP contribution in [0.15, 0.2) is 70.9 Å². The zero-order valence-electron chi connectivity index (χ0n) is 18.5. The van der Waals surface area contributed by atoms with E-state index in [9.17, 15) is 19.8 Å². The first-order chi connectivity index (χ1) is 15.7. The van der Waals surface area contributed by atoms with Gasteiger partial charge >= 0.3 is 11.9 Å². The van der Waals surface area contributed by atoms with Gasteiger partial charge in [0.25, 0.3) is 0 Å². The predicted molar refractivity (Wildman–Crippen MR) is 127 cm³/mol. The molecule has 1 aliphatic carbocycles. The largest absolute Gasteiger partial charge is 0.507 e.